The van der Waals surface area contributed by atoms with Gasteiger partial charge in [-0.25, -0.2) is 8.42 Å². The Hall–Kier alpha value is -2.01. The van der Waals surface area contributed by atoms with Crippen molar-refractivity contribution in [2.45, 2.75) is 11.3 Å². The molecule has 1 fully saturated rings. The van der Waals surface area contributed by atoms with Crippen LogP contribution in [0.15, 0.2) is 29.2 Å². The maximum Gasteiger partial charge on any atom is 0.264 e. The maximum atomic E-state index is 12.8. The molecule has 0 N–H and O–H groups in total. The molecule has 28 heavy (non-hydrogen) atoms. The monoisotopic (exact) mass is 412 g/mol. The first-order chi connectivity index (χ1) is 13.2. The molecule has 0 atom stereocenters. The average molecular weight is 413 g/mol. The molecule has 1 aromatic carbocycles. The summed E-state index contributed by atoms with van der Waals surface area (Å²) in [6.45, 7) is 2.83. The molecule has 156 valence electrons. The van der Waals surface area contributed by atoms with Gasteiger partial charge in [0, 0.05) is 52.9 Å². The van der Waals surface area contributed by atoms with Crippen molar-refractivity contribution in [2.75, 3.05) is 61.0 Å². The Kier molecular flexibility index (Phi) is 7.53. The van der Waals surface area contributed by atoms with Gasteiger partial charge in [0.05, 0.1) is 18.6 Å². The smallest absolute Gasteiger partial charge is 0.264 e. The van der Waals surface area contributed by atoms with Crippen LogP contribution in [-0.2, 0) is 19.7 Å². The minimum atomic E-state index is -3.74. The molecule has 0 saturated carbocycles. The number of benzene rings is 1. The van der Waals surface area contributed by atoms with Gasteiger partial charge < -0.3 is 9.80 Å². The summed E-state index contributed by atoms with van der Waals surface area (Å²) < 4.78 is 25.2. The Morgan fingerprint density at radius 1 is 1.04 bits per heavy atom. The second kappa shape index (κ2) is 9.46. The van der Waals surface area contributed by atoms with Gasteiger partial charge in [-0.05, 0) is 30.7 Å². The highest BCUT2D eigenvalue weighted by Gasteiger charge is 2.24. The van der Waals surface area contributed by atoms with Crippen LogP contribution in [-0.4, -0.2) is 100 Å². The molecule has 0 unspecified atom stereocenters. The van der Waals surface area contributed by atoms with Gasteiger partial charge in [-0.2, -0.15) is 0 Å². The Balaban J connectivity index is 2.03. The lowest BCUT2D eigenvalue weighted by Crippen LogP contribution is -2.39. The molecule has 0 bridgehead atoms. The van der Waals surface area contributed by atoms with Crippen LogP contribution in [0.1, 0.15) is 16.8 Å². The summed E-state index contributed by atoms with van der Waals surface area (Å²) in [6.07, 6.45) is 0.775. The van der Waals surface area contributed by atoms with Gasteiger partial charge >= 0.3 is 0 Å². The van der Waals surface area contributed by atoms with Crippen molar-refractivity contribution >= 4 is 21.8 Å². The van der Waals surface area contributed by atoms with E-state index in [1.807, 2.05) is 4.90 Å². The molecule has 2 amide bonds. The molecule has 9 nitrogen and oxygen atoms in total. The Labute approximate surface area is 166 Å². The topological polar surface area (TPSA) is 90.5 Å². The van der Waals surface area contributed by atoms with Crippen molar-refractivity contribution in [3.05, 3.63) is 29.8 Å². The highest BCUT2D eigenvalue weighted by molar-refractivity contribution is 7.89. The van der Waals surface area contributed by atoms with E-state index in [0.717, 1.165) is 17.4 Å². The zero-order valence-electron chi connectivity index (χ0n) is 16.8. The highest BCUT2D eigenvalue weighted by atomic mass is 32.2. The molecule has 0 aromatic heterocycles. The number of nitrogens with zero attached hydrogens (tertiary/aromatic N) is 4. The van der Waals surface area contributed by atoms with Crippen molar-refractivity contribution in [1.29, 1.82) is 0 Å². The number of hydroxylamine groups is 1. The lowest BCUT2D eigenvalue weighted by Gasteiger charge is -2.23. The molecule has 1 heterocycles. The largest absolute Gasteiger partial charge is 0.348 e. The number of sulfonamides is 1. The van der Waals surface area contributed by atoms with Gasteiger partial charge in [0.2, 0.25) is 5.91 Å². The van der Waals surface area contributed by atoms with E-state index in [9.17, 15) is 18.0 Å². The van der Waals surface area contributed by atoms with Crippen molar-refractivity contribution in [3.8, 4) is 0 Å². The van der Waals surface area contributed by atoms with Crippen LogP contribution in [0.25, 0.3) is 0 Å². The molecule has 2 rings (SSSR count). The predicted molar refractivity (Wildman–Crippen MR) is 104 cm³/mol. The number of rotatable bonds is 6. The third-order valence-electron chi connectivity index (χ3n) is 4.73. The van der Waals surface area contributed by atoms with Crippen LogP contribution < -0.4 is 0 Å². The first kappa shape index (κ1) is 22.3. The summed E-state index contributed by atoms with van der Waals surface area (Å²) in [7, 11) is 2.28. The quantitative estimate of drug-likeness (QED) is 0.616. The Morgan fingerprint density at radius 3 is 2.25 bits per heavy atom. The Bertz CT molecular complexity index is 795. The summed E-state index contributed by atoms with van der Waals surface area (Å²) >= 11 is 0. The number of likely N-dealkylation sites (N-methyl/N-ethyl adjacent to an activating group) is 1. The minimum absolute atomic E-state index is 0.0394. The summed E-state index contributed by atoms with van der Waals surface area (Å²) in [5.41, 5.74) is 0.428. The van der Waals surface area contributed by atoms with Crippen molar-refractivity contribution in [3.63, 3.8) is 0 Å². The standard InChI is InChI=1S/C18H28N4O5S/c1-19(2)17(23)14-21-10-5-11-22(13-12-21)18(24)15-6-8-16(9-7-15)28(25,26)20(3)27-4/h6-9H,5,10-14H2,1-4H3. The van der Waals surface area contributed by atoms with E-state index < -0.39 is 10.0 Å². The van der Waals surface area contributed by atoms with Crippen molar-refractivity contribution < 1.29 is 22.8 Å². The minimum Gasteiger partial charge on any atom is -0.348 e. The second-order valence-corrected chi connectivity index (χ2v) is 8.77. The lowest BCUT2D eigenvalue weighted by molar-refractivity contribution is -0.129. The van der Waals surface area contributed by atoms with E-state index in [-0.39, 0.29) is 16.7 Å². The number of hydrogen-bond donors (Lipinski definition) is 0. The zero-order chi connectivity index (χ0) is 20.9. The molecule has 0 spiro atoms. The summed E-state index contributed by atoms with van der Waals surface area (Å²) in [4.78, 5) is 34.8. The summed E-state index contributed by atoms with van der Waals surface area (Å²) in [6, 6.07) is 5.82. The fraction of sp³-hybridized carbons (Fsp3) is 0.556. The predicted octanol–water partition coefficient (Wildman–Crippen LogP) is 0.105. The molecule has 10 heteroatoms. The van der Waals surface area contributed by atoms with Crippen LogP contribution in [0.3, 0.4) is 0 Å². The van der Waals surface area contributed by atoms with Gasteiger partial charge in [0.25, 0.3) is 15.9 Å². The van der Waals surface area contributed by atoms with E-state index in [1.54, 1.807) is 23.9 Å². The molecule has 1 aromatic rings. The molecule has 0 aliphatic carbocycles. The number of carbonyl (C=O) groups excluding carboxylic acids is 2. The zero-order valence-corrected chi connectivity index (χ0v) is 17.6. The van der Waals surface area contributed by atoms with Crippen molar-refractivity contribution in [2.24, 2.45) is 0 Å². The first-order valence-corrected chi connectivity index (χ1v) is 10.5. The van der Waals surface area contributed by atoms with Crippen LogP contribution in [0.2, 0.25) is 0 Å². The molecule has 1 aliphatic heterocycles. The fourth-order valence-corrected chi connectivity index (χ4v) is 3.84. The van der Waals surface area contributed by atoms with E-state index >= 15 is 0 Å². The molecular weight excluding hydrogens is 384 g/mol. The third kappa shape index (κ3) is 5.28. The Morgan fingerprint density at radius 2 is 1.68 bits per heavy atom. The van der Waals surface area contributed by atoms with E-state index in [1.165, 1.54) is 38.4 Å². The van der Waals surface area contributed by atoms with Crippen LogP contribution in [0, 0.1) is 0 Å². The van der Waals surface area contributed by atoms with E-state index in [0.29, 0.717) is 31.7 Å². The molecule has 0 radical (unpaired) electrons. The average Bonchev–Trinajstić information content (AvgIpc) is 2.92. The lowest BCUT2D eigenvalue weighted by atomic mass is 10.2. The summed E-state index contributed by atoms with van der Waals surface area (Å²) in [5.74, 6) is -0.109. The van der Waals surface area contributed by atoms with Crippen LogP contribution in [0.4, 0.5) is 0 Å². The summed E-state index contributed by atoms with van der Waals surface area (Å²) in [5, 5.41) is 0. The number of amides is 2. The van der Waals surface area contributed by atoms with Crippen LogP contribution >= 0.6 is 0 Å². The van der Waals surface area contributed by atoms with E-state index in [4.69, 9.17) is 4.84 Å². The highest BCUT2D eigenvalue weighted by Crippen LogP contribution is 2.17. The van der Waals surface area contributed by atoms with Gasteiger partial charge in [-0.3, -0.25) is 19.3 Å². The van der Waals surface area contributed by atoms with Gasteiger partial charge in [-0.1, -0.05) is 4.47 Å². The fourth-order valence-electron chi connectivity index (χ4n) is 2.86. The molecular formula is C18H28N4O5S. The van der Waals surface area contributed by atoms with Gasteiger partial charge in [-0.15, -0.1) is 0 Å². The molecule has 1 saturated heterocycles. The van der Waals surface area contributed by atoms with Crippen molar-refractivity contribution in [1.82, 2.24) is 19.2 Å². The van der Waals surface area contributed by atoms with Gasteiger partial charge in [0.1, 0.15) is 0 Å². The second-order valence-electron chi connectivity index (χ2n) is 6.83. The first-order valence-electron chi connectivity index (χ1n) is 9.01. The maximum absolute atomic E-state index is 12.8. The van der Waals surface area contributed by atoms with Gasteiger partial charge in [0.15, 0.2) is 0 Å². The number of hydrogen-bond acceptors (Lipinski definition) is 6. The third-order valence-corrected chi connectivity index (χ3v) is 6.42. The van der Waals surface area contributed by atoms with E-state index in [2.05, 4.69) is 0 Å². The number of carbonyl (C=O) groups is 2. The SMILES string of the molecule is CON(C)S(=O)(=O)c1ccc(C(=O)N2CCCN(CC(=O)N(C)C)CC2)cc1. The molecule has 1 aliphatic rings. The normalized spacial score (nSPS) is 16.1. The van der Waals surface area contributed by atoms with Crippen LogP contribution in [0.5, 0.6) is 0 Å².